The predicted octanol–water partition coefficient (Wildman–Crippen LogP) is 1.81. The van der Waals surface area contributed by atoms with Crippen molar-refractivity contribution in [1.29, 1.82) is 0 Å². The maximum Gasteiger partial charge on any atom is 0.0602 e. The molecule has 0 radical (unpaired) electrons. The van der Waals surface area contributed by atoms with Crippen molar-refractivity contribution in [1.82, 2.24) is 10.3 Å². The lowest BCUT2D eigenvalue weighted by Gasteiger charge is -2.11. The van der Waals surface area contributed by atoms with Gasteiger partial charge in [-0.2, -0.15) is 0 Å². The van der Waals surface area contributed by atoms with Gasteiger partial charge in [-0.1, -0.05) is 6.07 Å². The minimum atomic E-state index is 0.506. The van der Waals surface area contributed by atoms with E-state index in [-0.39, 0.29) is 0 Å². The van der Waals surface area contributed by atoms with E-state index < -0.39 is 0 Å². The predicted molar refractivity (Wildman–Crippen MR) is 49.0 cm³/mol. The minimum absolute atomic E-state index is 0.506. The Balaban J connectivity index is 2.26. The van der Waals surface area contributed by atoms with Gasteiger partial charge in [-0.15, -0.1) is 0 Å². The second kappa shape index (κ2) is 3.23. The highest BCUT2D eigenvalue weighted by molar-refractivity contribution is 5.21. The Kier molecular flexibility index (Phi) is 2.09. The van der Waals surface area contributed by atoms with Gasteiger partial charge in [-0.05, 0) is 37.9 Å². The SMILES string of the molecule is Cc1cccnc1[C@H]1CCCN1. The van der Waals surface area contributed by atoms with Crippen molar-refractivity contribution in [2.75, 3.05) is 6.54 Å². The zero-order valence-corrected chi connectivity index (χ0v) is 7.38. The molecule has 1 aliphatic rings. The Hall–Kier alpha value is -0.890. The molecule has 1 fully saturated rings. The molecule has 0 spiro atoms. The van der Waals surface area contributed by atoms with E-state index in [0.29, 0.717) is 6.04 Å². The molecular formula is C10H14N2. The fourth-order valence-electron chi connectivity index (χ4n) is 1.78. The van der Waals surface area contributed by atoms with Crippen molar-refractivity contribution in [2.45, 2.75) is 25.8 Å². The molecule has 12 heavy (non-hydrogen) atoms. The Bertz CT molecular complexity index is 264. The molecule has 0 aromatic carbocycles. The molecule has 1 atom stereocenters. The van der Waals surface area contributed by atoms with Gasteiger partial charge in [0.05, 0.1) is 5.69 Å². The first-order valence-electron chi connectivity index (χ1n) is 4.53. The summed E-state index contributed by atoms with van der Waals surface area (Å²) in [7, 11) is 0. The first kappa shape index (κ1) is 7.74. The lowest BCUT2D eigenvalue weighted by atomic mass is 10.1. The topological polar surface area (TPSA) is 24.9 Å². The third kappa shape index (κ3) is 1.34. The number of pyridine rings is 1. The van der Waals surface area contributed by atoms with Crippen LogP contribution in [0.25, 0.3) is 0 Å². The molecule has 2 nitrogen and oxygen atoms in total. The first-order valence-corrected chi connectivity index (χ1v) is 4.53. The van der Waals surface area contributed by atoms with Crippen LogP contribution in [0.15, 0.2) is 18.3 Å². The van der Waals surface area contributed by atoms with Gasteiger partial charge in [-0.25, -0.2) is 0 Å². The quantitative estimate of drug-likeness (QED) is 0.681. The Morgan fingerprint density at radius 1 is 1.58 bits per heavy atom. The highest BCUT2D eigenvalue weighted by Crippen LogP contribution is 2.23. The van der Waals surface area contributed by atoms with E-state index in [0.717, 1.165) is 6.54 Å². The number of nitrogens with zero attached hydrogens (tertiary/aromatic N) is 1. The van der Waals surface area contributed by atoms with Crippen LogP contribution in [0.4, 0.5) is 0 Å². The van der Waals surface area contributed by atoms with Gasteiger partial charge in [0, 0.05) is 12.2 Å². The molecule has 0 aliphatic carbocycles. The summed E-state index contributed by atoms with van der Waals surface area (Å²) in [6.07, 6.45) is 4.39. The molecule has 1 aromatic heterocycles. The fourth-order valence-corrected chi connectivity index (χ4v) is 1.78. The smallest absolute Gasteiger partial charge is 0.0602 e. The number of aryl methyl sites for hydroxylation is 1. The van der Waals surface area contributed by atoms with Crippen LogP contribution < -0.4 is 5.32 Å². The minimum Gasteiger partial charge on any atom is -0.309 e. The van der Waals surface area contributed by atoms with Gasteiger partial charge >= 0.3 is 0 Å². The molecule has 0 unspecified atom stereocenters. The van der Waals surface area contributed by atoms with Crippen LogP contribution in [0.1, 0.15) is 30.1 Å². The molecule has 64 valence electrons. The molecule has 2 rings (SSSR count). The maximum absolute atomic E-state index is 4.40. The Labute approximate surface area is 73.0 Å². The van der Waals surface area contributed by atoms with Crippen LogP contribution in [-0.4, -0.2) is 11.5 Å². The van der Waals surface area contributed by atoms with Crippen molar-refractivity contribution >= 4 is 0 Å². The maximum atomic E-state index is 4.40. The van der Waals surface area contributed by atoms with E-state index in [4.69, 9.17) is 0 Å². The summed E-state index contributed by atoms with van der Waals surface area (Å²) in [4.78, 5) is 4.40. The molecule has 1 saturated heterocycles. The fraction of sp³-hybridized carbons (Fsp3) is 0.500. The molecule has 0 bridgehead atoms. The van der Waals surface area contributed by atoms with Gasteiger partial charge in [0.15, 0.2) is 0 Å². The van der Waals surface area contributed by atoms with Crippen LogP contribution in [0.2, 0.25) is 0 Å². The molecule has 2 heterocycles. The van der Waals surface area contributed by atoms with Gasteiger partial charge in [-0.3, -0.25) is 4.98 Å². The Morgan fingerprint density at radius 2 is 2.50 bits per heavy atom. The van der Waals surface area contributed by atoms with Crippen molar-refractivity contribution in [2.24, 2.45) is 0 Å². The summed E-state index contributed by atoms with van der Waals surface area (Å²) >= 11 is 0. The summed E-state index contributed by atoms with van der Waals surface area (Å²) in [5.74, 6) is 0. The Morgan fingerprint density at radius 3 is 3.17 bits per heavy atom. The van der Waals surface area contributed by atoms with Crippen LogP contribution >= 0.6 is 0 Å². The zero-order chi connectivity index (χ0) is 8.39. The van der Waals surface area contributed by atoms with Crippen molar-refractivity contribution in [3.63, 3.8) is 0 Å². The van der Waals surface area contributed by atoms with Crippen molar-refractivity contribution in [3.05, 3.63) is 29.6 Å². The van der Waals surface area contributed by atoms with Crippen LogP contribution in [0.3, 0.4) is 0 Å². The second-order valence-corrected chi connectivity index (χ2v) is 3.35. The third-order valence-corrected chi connectivity index (χ3v) is 2.44. The molecule has 2 heteroatoms. The highest BCUT2D eigenvalue weighted by Gasteiger charge is 2.18. The number of hydrogen-bond donors (Lipinski definition) is 1. The third-order valence-electron chi connectivity index (χ3n) is 2.44. The van der Waals surface area contributed by atoms with Gasteiger partial charge in [0.2, 0.25) is 0 Å². The summed E-state index contributed by atoms with van der Waals surface area (Å²) in [5, 5.41) is 3.45. The number of nitrogens with one attached hydrogen (secondary N) is 1. The largest absolute Gasteiger partial charge is 0.309 e. The van der Waals surface area contributed by atoms with E-state index in [1.165, 1.54) is 24.1 Å². The second-order valence-electron chi connectivity index (χ2n) is 3.35. The zero-order valence-electron chi connectivity index (χ0n) is 7.38. The monoisotopic (exact) mass is 162 g/mol. The van der Waals surface area contributed by atoms with E-state index in [1.54, 1.807) is 0 Å². The summed E-state index contributed by atoms with van der Waals surface area (Å²) in [6.45, 7) is 3.27. The lowest BCUT2D eigenvalue weighted by Crippen LogP contribution is -2.15. The first-order chi connectivity index (χ1) is 5.88. The highest BCUT2D eigenvalue weighted by atomic mass is 15.0. The number of rotatable bonds is 1. The van der Waals surface area contributed by atoms with E-state index in [9.17, 15) is 0 Å². The van der Waals surface area contributed by atoms with Crippen LogP contribution in [-0.2, 0) is 0 Å². The van der Waals surface area contributed by atoms with Gasteiger partial charge in [0.1, 0.15) is 0 Å². The number of hydrogen-bond acceptors (Lipinski definition) is 2. The van der Waals surface area contributed by atoms with Gasteiger partial charge in [0.25, 0.3) is 0 Å². The van der Waals surface area contributed by atoms with E-state index in [2.05, 4.69) is 23.3 Å². The number of aromatic nitrogens is 1. The molecule has 0 saturated carbocycles. The van der Waals surface area contributed by atoms with Crippen molar-refractivity contribution < 1.29 is 0 Å². The molecule has 1 aliphatic heterocycles. The molecule has 0 amide bonds. The lowest BCUT2D eigenvalue weighted by molar-refractivity contribution is 0.623. The molecular weight excluding hydrogens is 148 g/mol. The summed E-state index contributed by atoms with van der Waals surface area (Å²) in [5.41, 5.74) is 2.53. The molecule has 1 N–H and O–H groups in total. The van der Waals surface area contributed by atoms with Crippen molar-refractivity contribution in [3.8, 4) is 0 Å². The molecule has 1 aromatic rings. The van der Waals surface area contributed by atoms with Crippen LogP contribution in [0, 0.1) is 6.92 Å². The van der Waals surface area contributed by atoms with Crippen LogP contribution in [0.5, 0.6) is 0 Å². The van der Waals surface area contributed by atoms with E-state index in [1.807, 2.05) is 12.3 Å². The average Bonchev–Trinajstić information content (AvgIpc) is 2.57. The summed E-state index contributed by atoms with van der Waals surface area (Å²) in [6, 6.07) is 4.63. The van der Waals surface area contributed by atoms with Gasteiger partial charge < -0.3 is 5.32 Å². The standard InChI is InChI=1S/C10H14N2/c1-8-4-2-7-12-10(8)9-5-3-6-11-9/h2,4,7,9,11H,3,5-6H2,1H3/t9-/m1/s1. The summed E-state index contributed by atoms with van der Waals surface area (Å²) < 4.78 is 0. The normalized spacial score (nSPS) is 22.9. The van der Waals surface area contributed by atoms with E-state index >= 15 is 0 Å². The average molecular weight is 162 g/mol.